The molecule has 48 heavy (non-hydrogen) atoms. The van der Waals surface area contributed by atoms with Crippen molar-refractivity contribution in [2.75, 3.05) is 0 Å². The minimum atomic E-state index is 0.101. The second-order valence-electron chi connectivity index (χ2n) is 16.4. The molecule has 0 N–H and O–H groups in total. The van der Waals surface area contributed by atoms with Crippen molar-refractivity contribution in [3.05, 3.63) is 141 Å². The Morgan fingerprint density at radius 2 is 1.62 bits per heavy atom. The molecule has 0 bridgehead atoms. The number of allylic oxidation sites excluding steroid dienone is 20. The first-order valence-electron chi connectivity index (χ1n) is 19.4. The maximum atomic E-state index is 6.88. The fourth-order valence-corrected chi connectivity index (χ4v) is 11.9. The Kier molecular flexibility index (Phi) is 7.03. The number of rotatable bonds is 3. The summed E-state index contributed by atoms with van der Waals surface area (Å²) in [6, 6.07) is 0. The van der Waals surface area contributed by atoms with Crippen molar-refractivity contribution in [2.45, 2.75) is 89.9 Å². The number of hydrogen-bond donors (Lipinski definition) is 0. The lowest BCUT2D eigenvalue weighted by atomic mass is 9.47. The van der Waals surface area contributed by atoms with Crippen LogP contribution in [-0.2, 0) is 6.42 Å². The SMILES string of the molecule is CC1(C2C=CC3=C(C=CCC3)C2)C2=C(CCC=C2)C(C2C=C(C3c4oc5c(c4C=C4C=CCCC43)CCC=C5)CCC2)C2C=CC=CC21. The summed E-state index contributed by atoms with van der Waals surface area (Å²) in [6.45, 7) is 2.64. The van der Waals surface area contributed by atoms with Crippen molar-refractivity contribution in [3.63, 3.8) is 0 Å². The average Bonchev–Trinajstić information content (AvgIpc) is 3.52. The van der Waals surface area contributed by atoms with Crippen LogP contribution in [0.2, 0.25) is 0 Å². The van der Waals surface area contributed by atoms with Crippen LogP contribution >= 0.6 is 0 Å². The molecule has 1 nitrogen and oxygen atoms in total. The molecule has 0 aromatic carbocycles. The van der Waals surface area contributed by atoms with E-state index in [1.165, 1.54) is 81.1 Å². The zero-order valence-corrected chi connectivity index (χ0v) is 28.7. The van der Waals surface area contributed by atoms with Gasteiger partial charge in [0.1, 0.15) is 11.5 Å². The quantitative estimate of drug-likeness (QED) is 0.303. The molecule has 0 saturated heterocycles. The van der Waals surface area contributed by atoms with E-state index in [9.17, 15) is 0 Å². The van der Waals surface area contributed by atoms with Gasteiger partial charge in [-0.3, -0.25) is 0 Å². The first-order valence-corrected chi connectivity index (χ1v) is 19.4. The normalized spacial score (nSPS) is 37.3. The highest BCUT2D eigenvalue weighted by atomic mass is 16.3. The van der Waals surface area contributed by atoms with Crippen LogP contribution in [0.4, 0.5) is 0 Å². The van der Waals surface area contributed by atoms with E-state index in [1.54, 1.807) is 33.4 Å². The maximum Gasteiger partial charge on any atom is 0.130 e. The van der Waals surface area contributed by atoms with E-state index in [4.69, 9.17) is 4.42 Å². The van der Waals surface area contributed by atoms with Crippen LogP contribution < -0.4 is 0 Å². The Bertz CT molecular complexity index is 1880. The lowest BCUT2D eigenvalue weighted by Crippen LogP contribution is -2.48. The summed E-state index contributed by atoms with van der Waals surface area (Å²) in [4.78, 5) is 0. The fraction of sp³-hybridized carbons (Fsp3) is 0.447. The van der Waals surface area contributed by atoms with Crippen LogP contribution in [0, 0.1) is 40.9 Å². The Balaban J connectivity index is 1.07. The lowest BCUT2D eigenvalue weighted by Gasteiger charge is -2.56. The smallest absolute Gasteiger partial charge is 0.130 e. The van der Waals surface area contributed by atoms with Gasteiger partial charge in [0.05, 0.1) is 0 Å². The Hall–Kier alpha value is -3.58. The zero-order valence-electron chi connectivity index (χ0n) is 28.7. The fourth-order valence-electron chi connectivity index (χ4n) is 11.9. The van der Waals surface area contributed by atoms with Gasteiger partial charge in [-0.2, -0.15) is 0 Å². The van der Waals surface area contributed by atoms with Gasteiger partial charge in [0.15, 0.2) is 0 Å². The summed E-state index contributed by atoms with van der Waals surface area (Å²) in [5.41, 5.74) is 12.9. The molecule has 8 atom stereocenters. The first kappa shape index (κ1) is 29.3. The van der Waals surface area contributed by atoms with E-state index in [0.29, 0.717) is 41.4 Å². The standard InChI is InChI=1S/C47H50O/c1-47(35-26-25-30-13-2-3-14-31(30)28-35)41-22-9-6-20-38(41)44(39-21-7-10-23-42(39)47)33-16-12-17-34(27-33)45-36-18-5-4-15-32(36)29-40-37-19-8-11-24-43(37)48-46(40)45/h3-4,6,9-11,14-15,20,22-27,29,33,35-36,38,41,44-45H,2,5,7-8,12-13,16-19,21,28H2,1H3. The molecule has 1 aromatic rings. The van der Waals surface area contributed by atoms with Gasteiger partial charge in [-0.05, 0) is 147 Å². The molecule has 0 aliphatic heterocycles. The summed E-state index contributed by atoms with van der Waals surface area (Å²) >= 11 is 0. The summed E-state index contributed by atoms with van der Waals surface area (Å²) in [7, 11) is 0. The highest BCUT2D eigenvalue weighted by Gasteiger charge is 2.54. The van der Waals surface area contributed by atoms with Gasteiger partial charge in [0.25, 0.3) is 0 Å². The predicted molar refractivity (Wildman–Crippen MR) is 199 cm³/mol. The second-order valence-corrected chi connectivity index (χ2v) is 16.4. The molecule has 1 heterocycles. The van der Waals surface area contributed by atoms with Crippen molar-refractivity contribution >= 4 is 12.2 Å². The monoisotopic (exact) mass is 630 g/mol. The van der Waals surface area contributed by atoms with Gasteiger partial charge in [-0.25, -0.2) is 0 Å². The highest BCUT2D eigenvalue weighted by molar-refractivity contribution is 5.71. The molecular formula is C47H50O. The van der Waals surface area contributed by atoms with E-state index in [-0.39, 0.29) is 5.41 Å². The molecule has 0 saturated carbocycles. The third kappa shape index (κ3) is 4.41. The highest BCUT2D eigenvalue weighted by Crippen LogP contribution is 2.62. The number of furan rings is 1. The summed E-state index contributed by atoms with van der Waals surface area (Å²) < 4.78 is 6.88. The average molecular weight is 631 g/mol. The molecule has 0 fully saturated rings. The second kappa shape index (κ2) is 11.5. The summed E-state index contributed by atoms with van der Waals surface area (Å²) in [6.07, 6.45) is 54.3. The summed E-state index contributed by atoms with van der Waals surface area (Å²) in [5.74, 6) is 6.09. The third-order valence-electron chi connectivity index (χ3n) is 14.1. The Morgan fingerprint density at radius 1 is 0.771 bits per heavy atom. The van der Waals surface area contributed by atoms with E-state index < -0.39 is 0 Å². The molecule has 0 spiro atoms. The first-order chi connectivity index (χ1) is 23.7. The van der Waals surface area contributed by atoms with Gasteiger partial charge in [0.2, 0.25) is 0 Å². The minimum Gasteiger partial charge on any atom is -0.460 e. The van der Waals surface area contributed by atoms with Crippen molar-refractivity contribution in [1.82, 2.24) is 0 Å². The van der Waals surface area contributed by atoms with E-state index in [2.05, 4.69) is 104 Å². The third-order valence-corrected chi connectivity index (χ3v) is 14.1. The Morgan fingerprint density at radius 3 is 2.60 bits per heavy atom. The molecule has 8 unspecified atom stereocenters. The lowest BCUT2D eigenvalue weighted by molar-refractivity contribution is 0.102. The molecule has 1 heteroatoms. The van der Waals surface area contributed by atoms with E-state index >= 15 is 0 Å². The van der Waals surface area contributed by atoms with Crippen LogP contribution in [0.1, 0.15) is 106 Å². The van der Waals surface area contributed by atoms with Gasteiger partial charge in [-0.1, -0.05) is 103 Å². The van der Waals surface area contributed by atoms with Crippen LogP contribution in [0.5, 0.6) is 0 Å². The molecule has 1 aromatic heterocycles. The van der Waals surface area contributed by atoms with Crippen molar-refractivity contribution in [1.29, 1.82) is 0 Å². The van der Waals surface area contributed by atoms with Crippen molar-refractivity contribution < 1.29 is 4.42 Å². The number of hydrogen-bond acceptors (Lipinski definition) is 1. The van der Waals surface area contributed by atoms with Crippen molar-refractivity contribution in [2.24, 2.45) is 40.9 Å². The predicted octanol–water partition coefficient (Wildman–Crippen LogP) is 12.3. The largest absolute Gasteiger partial charge is 0.460 e. The van der Waals surface area contributed by atoms with Crippen LogP contribution in [-0.4, -0.2) is 0 Å². The minimum absolute atomic E-state index is 0.101. The van der Waals surface area contributed by atoms with Gasteiger partial charge >= 0.3 is 0 Å². The van der Waals surface area contributed by atoms with Gasteiger partial charge in [0, 0.05) is 22.5 Å². The molecule has 244 valence electrons. The summed E-state index contributed by atoms with van der Waals surface area (Å²) in [5, 5.41) is 0. The van der Waals surface area contributed by atoms with E-state index in [0.717, 1.165) is 18.6 Å². The maximum absolute atomic E-state index is 6.88. The molecule has 0 amide bonds. The molecule has 9 aliphatic carbocycles. The molecule has 10 rings (SSSR count). The number of fused-ring (bicyclic) bond motifs is 5. The molecular weight excluding hydrogens is 581 g/mol. The molecule has 9 aliphatic rings. The van der Waals surface area contributed by atoms with Crippen LogP contribution in [0.25, 0.3) is 12.2 Å². The van der Waals surface area contributed by atoms with Crippen LogP contribution in [0.3, 0.4) is 0 Å². The Labute approximate surface area is 287 Å². The van der Waals surface area contributed by atoms with Crippen LogP contribution in [0.15, 0.2) is 123 Å². The topological polar surface area (TPSA) is 13.1 Å². The van der Waals surface area contributed by atoms with Gasteiger partial charge < -0.3 is 4.42 Å². The molecule has 0 radical (unpaired) electrons. The van der Waals surface area contributed by atoms with E-state index in [1.807, 2.05) is 0 Å². The zero-order chi connectivity index (χ0) is 31.8. The van der Waals surface area contributed by atoms with Crippen molar-refractivity contribution in [3.8, 4) is 0 Å². The van der Waals surface area contributed by atoms with Gasteiger partial charge in [-0.15, -0.1) is 0 Å².